The van der Waals surface area contributed by atoms with Crippen molar-refractivity contribution in [3.8, 4) is 0 Å². The van der Waals surface area contributed by atoms with E-state index in [1.54, 1.807) is 0 Å². The van der Waals surface area contributed by atoms with E-state index in [1.807, 2.05) is 26.0 Å². The summed E-state index contributed by atoms with van der Waals surface area (Å²) in [5.41, 5.74) is 0.325. The number of likely N-dealkylation sites (tertiary alicyclic amines) is 1. The largest absolute Gasteiger partial charge is 0.481 e. The van der Waals surface area contributed by atoms with Gasteiger partial charge >= 0.3 is 12.1 Å². The molecule has 1 aromatic carbocycles. The Bertz CT molecular complexity index is 886. The molecular formula is C18H18F3NO4. The summed E-state index contributed by atoms with van der Waals surface area (Å²) in [6.07, 6.45) is -4.26. The summed E-state index contributed by atoms with van der Waals surface area (Å²) in [7, 11) is 0. The highest BCUT2D eigenvalue weighted by molar-refractivity contribution is 5.89. The Hall–Kier alpha value is -2.51. The van der Waals surface area contributed by atoms with E-state index in [2.05, 4.69) is 0 Å². The third-order valence-corrected chi connectivity index (χ3v) is 5.19. The lowest BCUT2D eigenvalue weighted by atomic mass is 9.86. The van der Waals surface area contributed by atoms with Gasteiger partial charge in [0.2, 0.25) is 5.91 Å². The fraction of sp³-hybridized carbons (Fsp3) is 0.444. The summed E-state index contributed by atoms with van der Waals surface area (Å²) in [6.45, 7) is 2.74. The summed E-state index contributed by atoms with van der Waals surface area (Å²) in [5, 5.41) is 9.82. The lowest BCUT2D eigenvalue weighted by Gasteiger charge is -2.27. The van der Waals surface area contributed by atoms with E-state index in [0.29, 0.717) is 11.1 Å². The number of benzene rings is 1. The van der Waals surface area contributed by atoms with Crippen LogP contribution >= 0.6 is 0 Å². The maximum Gasteiger partial charge on any atom is 0.406 e. The number of amides is 1. The SMILES string of the molecule is Cc1cc2occ(CC(=O)N3CCC(C(=O)O)(C(F)(F)F)C3)c2cc1C. The zero-order valence-electron chi connectivity index (χ0n) is 14.3. The fourth-order valence-electron chi connectivity index (χ4n) is 3.30. The molecule has 1 saturated heterocycles. The third kappa shape index (κ3) is 2.83. The third-order valence-electron chi connectivity index (χ3n) is 5.19. The van der Waals surface area contributed by atoms with E-state index in [4.69, 9.17) is 9.52 Å². The van der Waals surface area contributed by atoms with Crippen LogP contribution in [-0.4, -0.2) is 41.1 Å². The molecule has 26 heavy (non-hydrogen) atoms. The lowest BCUT2D eigenvalue weighted by molar-refractivity contribution is -0.227. The normalized spacial score (nSPS) is 20.7. The number of carboxylic acid groups (broad SMARTS) is 1. The smallest absolute Gasteiger partial charge is 0.406 e. The first-order valence-electron chi connectivity index (χ1n) is 8.10. The van der Waals surface area contributed by atoms with Crippen molar-refractivity contribution in [1.29, 1.82) is 0 Å². The molecule has 0 radical (unpaired) electrons. The molecule has 2 aromatic rings. The topological polar surface area (TPSA) is 70.8 Å². The van der Waals surface area contributed by atoms with Crippen molar-refractivity contribution >= 4 is 22.8 Å². The van der Waals surface area contributed by atoms with Crippen LogP contribution in [0.4, 0.5) is 13.2 Å². The van der Waals surface area contributed by atoms with Gasteiger partial charge in [-0.15, -0.1) is 0 Å². The molecule has 1 atom stereocenters. The predicted molar refractivity (Wildman–Crippen MR) is 86.7 cm³/mol. The van der Waals surface area contributed by atoms with Crippen LogP contribution < -0.4 is 0 Å². The van der Waals surface area contributed by atoms with E-state index in [9.17, 15) is 22.8 Å². The molecule has 5 nitrogen and oxygen atoms in total. The van der Waals surface area contributed by atoms with Gasteiger partial charge in [-0.05, 0) is 43.5 Å². The maximum absolute atomic E-state index is 13.2. The first-order chi connectivity index (χ1) is 12.0. The van der Waals surface area contributed by atoms with Crippen LogP contribution in [0, 0.1) is 19.3 Å². The summed E-state index contributed by atoms with van der Waals surface area (Å²) in [6, 6.07) is 3.71. The molecule has 1 aliphatic heterocycles. The molecule has 1 aliphatic rings. The molecular weight excluding hydrogens is 351 g/mol. The van der Waals surface area contributed by atoms with Gasteiger partial charge in [0.15, 0.2) is 5.41 Å². The van der Waals surface area contributed by atoms with Gasteiger partial charge in [-0.25, -0.2) is 0 Å². The summed E-state index contributed by atoms with van der Waals surface area (Å²) < 4.78 is 45.1. The fourth-order valence-corrected chi connectivity index (χ4v) is 3.30. The van der Waals surface area contributed by atoms with Gasteiger partial charge in [-0.1, -0.05) is 0 Å². The minimum Gasteiger partial charge on any atom is -0.481 e. The number of aryl methyl sites for hydroxylation is 2. The Morgan fingerprint density at radius 2 is 1.92 bits per heavy atom. The number of alkyl halides is 3. The lowest BCUT2D eigenvalue weighted by Crippen LogP contribution is -2.47. The molecule has 2 heterocycles. The number of fused-ring (bicyclic) bond motifs is 1. The van der Waals surface area contributed by atoms with Crippen LogP contribution in [-0.2, 0) is 16.0 Å². The van der Waals surface area contributed by atoms with Gasteiger partial charge in [0.05, 0.1) is 12.7 Å². The van der Waals surface area contributed by atoms with Gasteiger partial charge in [-0.3, -0.25) is 9.59 Å². The molecule has 3 rings (SSSR count). The second-order valence-corrected chi connectivity index (χ2v) is 6.82. The number of furan rings is 1. The number of carboxylic acids is 1. The molecule has 1 fully saturated rings. The minimum atomic E-state index is -4.91. The average molecular weight is 369 g/mol. The van der Waals surface area contributed by atoms with E-state index < -0.39 is 36.4 Å². The zero-order chi connectivity index (χ0) is 19.3. The molecule has 1 unspecified atom stereocenters. The second kappa shape index (κ2) is 6.03. The summed E-state index contributed by atoms with van der Waals surface area (Å²) in [4.78, 5) is 24.7. The van der Waals surface area contributed by atoms with Gasteiger partial charge in [0.1, 0.15) is 5.58 Å². The number of nitrogens with zero attached hydrogens (tertiary/aromatic N) is 1. The maximum atomic E-state index is 13.2. The van der Waals surface area contributed by atoms with E-state index >= 15 is 0 Å². The Labute approximate surface area is 147 Å². The molecule has 0 aliphatic carbocycles. The number of carbonyl (C=O) groups is 2. The molecule has 0 spiro atoms. The number of aliphatic carboxylic acids is 1. The van der Waals surface area contributed by atoms with Gasteiger partial charge in [-0.2, -0.15) is 13.2 Å². The number of rotatable bonds is 3. The molecule has 0 saturated carbocycles. The van der Waals surface area contributed by atoms with Gasteiger partial charge < -0.3 is 14.4 Å². The van der Waals surface area contributed by atoms with Crippen molar-refractivity contribution in [3.05, 3.63) is 35.1 Å². The number of hydrogen-bond donors (Lipinski definition) is 1. The molecule has 1 amide bonds. The van der Waals surface area contributed by atoms with E-state index in [1.165, 1.54) is 6.26 Å². The van der Waals surface area contributed by atoms with Crippen LogP contribution in [0.5, 0.6) is 0 Å². The Kier molecular flexibility index (Phi) is 4.24. The van der Waals surface area contributed by atoms with Gasteiger partial charge in [0.25, 0.3) is 0 Å². The second-order valence-electron chi connectivity index (χ2n) is 6.82. The monoisotopic (exact) mass is 369 g/mol. The van der Waals surface area contributed by atoms with Crippen LogP contribution in [0.2, 0.25) is 0 Å². The average Bonchev–Trinajstić information content (AvgIpc) is 3.14. The van der Waals surface area contributed by atoms with Crippen molar-refractivity contribution in [1.82, 2.24) is 4.90 Å². The van der Waals surface area contributed by atoms with Crippen LogP contribution in [0.25, 0.3) is 11.0 Å². The van der Waals surface area contributed by atoms with Crippen molar-refractivity contribution in [2.45, 2.75) is 32.9 Å². The highest BCUT2D eigenvalue weighted by Crippen LogP contribution is 2.45. The zero-order valence-corrected chi connectivity index (χ0v) is 14.3. The molecule has 140 valence electrons. The van der Waals surface area contributed by atoms with E-state index in [-0.39, 0.29) is 13.0 Å². The number of hydrogen-bond acceptors (Lipinski definition) is 3. The molecule has 1 N–H and O–H groups in total. The minimum absolute atomic E-state index is 0.136. The van der Waals surface area contributed by atoms with Gasteiger partial charge in [0, 0.05) is 24.0 Å². The highest BCUT2D eigenvalue weighted by Gasteiger charge is 2.64. The van der Waals surface area contributed by atoms with E-state index in [0.717, 1.165) is 21.4 Å². The van der Waals surface area contributed by atoms with Crippen LogP contribution in [0.3, 0.4) is 0 Å². The summed E-state index contributed by atoms with van der Waals surface area (Å²) in [5.74, 6) is -2.49. The van der Waals surface area contributed by atoms with Crippen LogP contribution in [0.1, 0.15) is 23.1 Å². The Morgan fingerprint density at radius 1 is 1.27 bits per heavy atom. The highest BCUT2D eigenvalue weighted by atomic mass is 19.4. The van der Waals surface area contributed by atoms with Crippen LogP contribution in [0.15, 0.2) is 22.8 Å². The van der Waals surface area contributed by atoms with Crippen molar-refractivity contribution in [2.24, 2.45) is 5.41 Å². The van der Waals surface area contributed by atoms with Crippen molar-refractivity contribution in [3.63, 3.8) is 0 Å². The number of halogens is 3. The van der Waals surface area contributed by atoms with Crippen molar-refractivity contribution < 1.29 is 32.3 Å². The molecule has 8 heteroatoms. The Morgan fingerprint density at radius 3 is 2.50 bits per heavy atom. The standard InChI is InChI=1S/C18H18F3NO4/c1-10-5-13-12(8-26-14(13)6-11(10)2)7-15(23)22-4-3-17(9-22,16(24)25)18(19,20)21/h5-6,8H,3-4,7,9H2,1-2H3,(H,24,25). The predicted octanol–water partition coefficient (Wildman–Crippen LogP) is 3.46. The number of carbonyl (C=O) groups excluding carboxylic acids is 1. The molecule has 1 aromatic heterocycles. The quantitative estimate of drug-likeness (QED) is 0.900. The Balaban J connectivity index is 1.82. The first kappa shape index (κ1) is 18.3. The molecule has 0 bridgehead atoms. The van der Waals surface area contributed by atoms with Crippen molar-refractivity contribution in [2.75, 3.05) is 13.1 Å². The summed E-state index contributed by atoms with van der Waals surface area (Å²) >= 11 is 0. The first-order valence-corrected chi connectivity index (χ1v) is 8.10.